The lowest BCUT2D eigenvalue weighted by Crippen LogP contribution is -2.38. The molecule has 0 radical (unpaired) electrons. The van der Waals surface area contributed by atoms with Crippen LogP contribution in [0, 0.1) is 0 Å². The van der Waals surface area contributed by atoms with E-state index >= 15 is 0 Å². The molecule has 1 aliphatic carbocycles. The number of carbonyl (C=O) groups excluding carboxylic acids is 2. The highest BCUT2D eigenvalue weighted by atomic mass is 35.5. The van der Waals surface area contributed by atoms with Gasteiger partial charge < -0.3 is 50.4 Å². The van der Waals surface area contributed by atoms with Crippen LogP contribution in [0.5, 0.6) is 0 Å². The summed E-state index contributed by atoms with van der Waals surface area (Å²) in [6, 6.07) is 0.282. The number of amides is 2. The third kappa shape index (κ3) is 13.0. The maximum Gasteiger partial charge on any atom is 0.280 e. The van der Waals surface area contributed by atoms with Gasteiger partial charge in [-0.15, -0.1) is 0 Å². The van der Waals surface area contributed by atoms with Gasteiger partial charge >= 0.3 is 0 Å². The largest absolute Gasteiger partial charge is 0.382 e. The zero-order valence-corrected chi connectivity index (χ0v) is 31.1. The summed E-state index contributed by atoms with van der Waals surface area (Å²) in [7, 11) is 0. The van der Waals surface area contributed by atoms with Gasteiger partial charge in [0.05, 0.1) is 0 Å². The smallest absolute Gasteiger partial charge is 0.280 e. The van der Waals surface area contributed by atoms with E-state index < -0.39 is 11.8 Å². The lowest BCUT2D eigenvalue weighted by Gasteiger charge is -2.17. The predicted octanol–water partition coefficient (Wildman–Crippen LogP) is 1.10. The van der Waals surface area contributed by atoms with Gasteiger partial charge in [-0.25, -0.2) is 19.9 Å². The van der Waals surface area contributed by atoms with Crippen molar-refractivity contribution in [2.75, 3.05) is 65.1 Å². The molecule has 4 rings (SSSR count). The number of halogens is 2. The van der Waals surface area contributed by atoms with E-state index in [9.17, 15) is 9.59 Å². The third-order valence-electron chi connectivity index (χ3n) is 7.85. The van der Waals surface area contributed by atoms with Crippen molar-refractivity contribution in [3.63, 3.8) is 0 Å². The minimum Gasteiger partial charge on any atom is -0.382 e. The zero-order chi connectivity index (χ0) is 39.0. The zero-order valence-electron chi connectivity index (χ0n) is 29.5. The first kappa shape index (κ1) is 41.0. The topological polar surface area (TPSA) is 365 Å². The minimum absolute atomic E-state index is 0.0879. The summed E-state index contributed by atoms with van der Waals surface area (Å²) < 4.78 is 0. The van der Waals surface area contributed by atoms with Crippen molar-refractivity contribution in [3.8, 4) is 0 Å². The predicted molar refractivity (Wildman–Crippen MR) is 210 cm³/mol. The van der Waals surface area contributed by atoms with Gasteiger partial charge in [0, 0.05) is 32.2 Å². The molecule has 3 aromatic rings. The van der Waals surface area contributed by atoms with Crippen LogP contribution in [0.4, 0.5) is 41.1 Å². The third-order valence-corrected chi connectivity index (χ3v) is 8.40. The number of hydrogen-bond acceptors (Lipinski definition) is 18. The second kappa shape index (κ2) is 20.5. The first-order valence-electron chi connectivity index (χ1n) is 17.3. The van der Waals surface area contributed by atoms with Crippen molar-refractivity contribution < 1.29 is 9.59 Å². The van der Waals surface area contributed by atoms with E-state index in [1.165, 1.54) is 12.8 Å². The average molecular weight is 790 g/mol. The molecule has 22 nitrogen and oxygen atoms in total. The summed E-state index contributed by atoms with van der Waals surface area (Å²) >= 11 is 11.7. The number of hydrogen-bond donors (Lipinski definition) is 11. The molecule has 0 bridgehead atoms. The fourth-order valence-electron chi connectivity index (χ4n) is 5.13. The first-order valence-corrected chi connectivity index (χ1v) is 18.0. The quantitative estimate of drug-likeness (QED) is 0.0419. The van der Waals surface area contributed by atoms with Crippen molar-refractivity contribution in [1.82, 2.24) is 45.5 Å². The molecule has 0 aliphatic heterocycles. The summed E-state index contributed by atoms with van der Waals surface area (Å²) in [6.07, 6.45) is 9.56. The summed E-state index contributed by atoms with van der Waals surface area (Å²) in [5.74, 6) is -0.839. The molecule has 54 heavy (non-hydrogen) atoms. The Morgan fingerprint density at radius 2 is 1.02 bits per heavy atom. The van der Waals surface area contributed by atoms with Gasteiger partial charge in [0.25, 0.3) is 11.8 Å². The molecule has 0 unspecified atom stereocenters. The number of anilines is 7. The molecule has 1 saturated carbocycles. The maximum atomic E-state index is 12.4. The van der Waals surface area contributed by atoms with Crippen LogP contribution < -0.4 is 61.0 Å². The van der Waals surface area contributed by atoms with E-state index in [0.29, 0.717) is 69.7 Å². The Morgan fingerprint density at radius 1 is 0.593 bits per heavy atom. The first-order chi connectivity index (χ1) is 25.9. The van der Waals surface area contributed by atoms with Crippen LogP contribution in [0.3, 0.4) is 0 Å². The summed E-state index contributed by atoms with van der Waals surface area (Å²) in [5.41, 5.74) is 33.8. The highest BCUT2D eigenvalue weighted by Gasteiger charge is 2.19. The average Bonchev–Trinajstić information content (AvgIpc) is 3.39. The Bertz CT molecular complexity index is 1700. The Balaban J connectivity index is 1.24. The van der Waals surface area contributed by atoms with Crippen LogP contribution >= 0.6 is 23.2 Å². The number of carbonyl (C=O) groups is 2. The van der Waals surface area contributed by atoms with Gasteiger partial charge in [-0.05, 0) is 38.5 Å². The number of unbranched alkanes of at least 4 members (excludes halogenated alkanes) is 2. The Kier molecular flexibility index (Phi) is 15.5. The standard InChI is InChI=1S/C30H46Cl2N20O2/c31-18-22(35)46-20(33)16(44-18)24(53)48-26(37)39-11-5-7-13-41-28-50-29(52-30(51-28)43-15-9-3-1-2-4-10-15)42-14-8-6-12-40-27(38)49-25(54)17-21(34)47-23(36)19(32)45-17/h15H,1-14H2,(H4,33,35,46)(H4,34,36,47)(H3,37,39,48,53)(H3,38,40,49,54)(H3,41,42,43,50,51,52). The van der Waals surface area contributed by atoms with E-state index in [1.807, 2.05) is 0 Å². The molecule has 3 aromatic heterocycles. The number of nitrogens with two attached hydrogens (primary N) is 6. The van der Waals surface area contributed by atoms with E-state index in [2.05, 4.69) is 71.5 Å². The van der Waals surface area contributed by atoms with Crippen LogP contribution in [-0.4, -0.2) is 90.8 Å². The van der Waals surface area contributed by atoms with Crippen molar-refractivity contribution in [3.05, 3.63) is 21.7 Å². The van der Waals surface area contributed by atoms with Gasteiger partial charge in [0.2, 0.25) is 17.8 Å². The molecule has 3 heterocycles. The number of nitrogens with zero attached hydrogens (tertiary/aromatic N) is 9. The number of nitrogens with one attached hydrogen (secondary N) is 5. The number of rotatable bonds is 16. The molecule has 0 aromatic carbocycles. The Hall–Kier alpha value is -5.77. The number of guanidine groups is 2. The second-order valence-corrected chi connectivity index (χ2v) is 12.8. The van der Waals surface area contributed by atoms with Gasteiger partial charge in [-0.2, -0.15) is 15.0 Å². The Labute approximate surface area is 321 Å². The lowest BCUT2D eigenvalue weighted by atomic mass is 10.1. The van der Waals surface area contributed by atoms with E-state index in [1.54, 1.807) is 0 Å². The molecule has 0 saturated heterocycles. The fraction of sp³-hybridized carbons (Fsp3) is 0.500. The second-order valence-electron chi connectivity index (χ2n) is 12.1. The molecule has 292 valence electrons. The summed E-state index contributed by atoms with van der Waals surface area (Å²) in [5, 5.41) is 14.5. The maximum absolute atomic E-state index is 12.4. The minimum atomic E-state index is -0.708. The number of aliphatic imine (C=N–C) groups is 2. The van der Waals surface area contributed by atoms with Gasteiger partial charge in [0.15, 0.2) is 56.9 Å². The molecule has 1 aliphatic rings. The SMILES string of the molecule is NC(=NCCCCNc1nc(NCCCCN=C(N)NC(=O)c2nc(Cl)c(N)nc2N)nc(NC2CCCCCC2)n1)NC(=O)c1nc(Cl)c(N)nc1N. The normalized spacial score (nSPS) is 13.9. The van der Waals surface area contributed by atoms with Gasteiger partial charge in [-0.3, -0.25) is 30.2 Å². The molecule has 0 spiro atoms. The van der Waals surface area contributed by atoms with Crippen LogP contribution in [0.1, 0.15) is 85.2 Å². The fourth-order valence-corrected chi connectivity index (χ4v) is 5.38. The van der Waals surface area contributed by atoms with Crippen molar-refractivity contribution >= 4 is 88.1 Å². The molecule has 17 N–H and O–H groups in total. The van der Waals surface area contributed by atoms with Gasteiger partial charge in [-0.1, -0.05) is 48.9 Å². The molecule has 2 amide bonds. The molecular weight excluding hydrogens is 743 g/mol. The summed E-state index contributed by atoms with van der Waals surface area (Å²) in [4.78, 5) is 62.2. The van der Waals surface area contributed by atoms with E-state index in [4.69, 9.17) is 57.6 Å². The summed E-state index contributed by atoms with van der Waals surface area (Å²) in [6.45, 7) is 1.78. The van der Waals surface area contributed by atoms with Gasteiger partial charge in [0.1, 0.15) is 0 Å². The van der Waals surface area contributed by atoms with Crippen LogP contribution in [-0.2, 0) is 0 Å². The number of aromatic nitrogens is 7. The van der Waals surface area contributed by atoms with Crippen molar-refractivity contribution in [2.45, 2.75) is 70.3 Å². The highest BCUT2D eigenvalue weighted by molar-refractivity contribution is 6.32. The van der Waals surface area contributed by atoms with E-state index in [0.717, 1.165) is 25.7 Å². The van der Waals surface area contributed by atoms with Crippen molar-refractivity contribution in [2.24, 2.45) is 21.5 Å². The highest BCUT2D eigenvalue weighted by Crippen LogP contribution is 2.21. The van der Waals surface area contributed by atoms with Crippen LogP contribution in [0.15, 0.2) is 9.98 Å². The van der Waals surface area contributed by atoms with Crippen molar-refractivity contribution in [1.29, 1.82) is 0 Å². The molecule has 1 fully saturated rings. The molecular formula is C30H46Cl2N20O2. The molecule has 24 heteroatoms. The lowest BCUT2D eigenvalue weighted by molar-refractivity contribution is 0.0964. The number of nitrogen functional groups attached to an aromatic ring is 4. The molecule has 0 atom stereocenters. The van der Waals surface area contributed by atoms with Crippen LogP contribution in [0.2, 0.25) is 10.3 Å². The van der Waals surface area contributed by atoms with E-state index in [-0.39, 0.29) is 62.9 Å². The van der Waals surface area contributed by atoms with Crippen LogP contribution in [0.25, 0.3) is 0 Å². The Morgan fingerprint density at radius 3 is 1.46 bits per heavy atom. The monoisotopic (exact) mass is 788 g/mol.